The predicted molar refractivity (Wildman–Crippen MR) is 97.2 cm³/mol. The number of nitrogens with zero attached hydrogens (tertiary/aromatic N) is 1. The van der Waals surface area contributed by atoms with Gasteiger partial charge in [-0.2, -0.15) is 0 Å². The summed E-state index contributed by atoms with van der Waals surface area (Å²) in [6.45, 7) is 3.87. The monoisotopic (exact) mass is 319 g/mol. The van der Waals surface area contributed by atoms with Crippen LogP contribution < -0.4 is 0 Å². The highest BCUT2D eigenvalue weighted by Gasteiger charge is 2.10. The Balaban J connectivity index is 1.94. The Morgan fingerprint density at radius 1 is 1.12 bits per heavy atom. The summed E-state index contributed by atoms with van der Waals surface area (Å²) in [4.78, 5) is 16.2. The molecular formula is C21H21NO2. The van der Waals surface area contributed by atoms with E-state index in [4.69, 9.17) is 4.98 Å². The van der Waals surface area contributed by atoms with Crippen molar-refractivity contribution in [3.05, 3.63) is 59.7 Å². The largest absolute Gasteiger partial charge is 0.507 e. The van der Waals surface area contributed by atoms with Gasteiger partial charge in [-0.15, -0.1) is 0 Å². The molecule has 0 radical (unpaired) electrons. The number of aromatic hydroxyl groups is 1. The van der Waals surface area contributed by atoms with Crippen molar-refractivity contribution in [1.82, 2.24) is 4.98 Å². The number of ketones is 1. The van der Waals surface area contributed by atoms with Crippen LogP contribution in [0.15, 0.2) is 48.5 Å². The fraction of sp³-hybridized carbons (Fsp3) is 0.238. The molecule has 1 aromatic heterocycles. The van der Waals surface area contributed by atoms with Gasteiger partial charge in [0.1, 0.15) is 11.5 Å². The Bertz CT molecular complexity index is 879. The molecule has 1 N–H and O–H groups in total. The van der Waals surface area contributed by atoms with Gasteiger partial charge >= 0.3 is 0 Å². The Hall–Kier alpha value is -2.68. The van der Waals surface area contributed by atoms with Gasteiger partial charge in [-0.1, -0.05) is 31.2 Å². The highest BCUT2D eigenvalue weighted by Crippen LogP contribution is 2.32. The smallest absolute Gasteiger partial charge is 0.132 e. The van der Waals surface area contributed by atoms with E-state index in [2.05, 4.69) is 6.07 Å². The summed E-state index contributed by atoms with van der Waals surface area (Å²) in [5.41, 5.74) is 4.58. The van der Waals surface area contributed by atoms with Crippen molar-refractivity contribution in [2.24, 2.45) is 0 Å². The molecule has 3 rings (SSSR count). The van der Waals surface area contributed by atoms with E-state index in [0.29, 0.717) is 18.6 Å². The van der Waals surface area contributed by atoms with Gasteiger partial charge in [-0.3, -0.25) is 4.79 Å². The van der Waals surface area contributed by atoms with Gasteiger partial charge in [0.25, 0.3) is 0 Å². The lowest BCUT2D eigenvalue weighted by atomic mass is 10.0. The van der Waals surface area contributed by atoms with Gasteiger partial charge in [-0.05, 0) is 48.7 Å². The first-order chi connectivity index (χ1) is 11.6. The number of hydrogen-bond acceptors (Lipinski definition) is 3. The number of Topliss-reactive ketones (excluding diaryl/α,β-unsaturated/α-hetero) is 1. The molecule has 0 fully saturated rings. The average molecular weight is 319 g/mol. The highest BCUT2D eigenvalue weighted by molar-refractivity contribution is 5.84. The van der Waals surface area contributed by atoms with Crippen LogP contribution in [0.2, 0.25) is 0 Å². The first-order valence-electron chi connectivity index (χ1n) is 8.29. The third-order valence-electron chi connectivity index (χ3n) is 4.35. The molecule has 0 aliphatic carbocycles. The van der Waals surface area contributed by atoms with Crippen LogP contribution in [0.4, 0.5) is 0 Å². The number of hydrogen-bond donors (Lipinski definition) is 1. The van der Waals surface area contributed by atoms with Crippen LogP contribution in [-0.2, 0) is 11.2 Å². The zero-order valence-electron chi connectivity index (χ0n) is 14.0. The quantitative estimate of drug-likeness (QED) is 0.733. The van der Waals surface area contributed by atoms with Gasteiger partial charge in [0, 0.05) is 23.8 Å². The fourth-order valence-corrected chi connectivity index (χ4v) is 2.92. The molecule has 122 valence electrons. The molecule has 2 aromatic carbocycles. The summed E-state index contributed by atoms with van der Waals surface area (Å²) in [6, 6.07) is 15.5. The standard InChI is InChI=1S/C21H21NO2/c1-3-17(23)10-7-15-8-11-18-16(13-15)9-12-19(22-18)21-14(2)5-4-6-20(21)24/h4-6,8-9,11-13,24H,3,7,10H2,1-2H3. The number of phenolic OH excluding ortho intramolecular Hbond substituents is 1. The van der Waals surface area contributed by atoms with E-state index in [1.54, 1.807) is 6.07 Å². The van der Waals surface area contributed by atoms with E-state index in [0.717, 1.165) is 39.7 Å². The first-order valence-corrected chi connectivity index (χ1v) is 8.29. The molecular weight excluding hydrogens is 298 g/mol. The molecule has 0 saturated carbocycles. The van der Waals surface area contributed by atoms with E-state index in [-0.39, 0.29) is 5.75 Å². The van der Waals surface area contributed by atoms with Crippen LogP contribution in [0.1, 0.15) is 30.9 Å². The zero-order chi connectivity index (χ0) is 17.1. The van der Waals surface area contributed by atoms with Crippen LogP contribution in [-0.4, -0.2) is 15.9 Å². The maximum atomic E-state index is 11.5. The summed E-state index contributed by atoms with van der Waals surface area (Å²) >= 11 is 0. The number of carbonyl (C=O) groups is 1. The van der Waals surface area contributed by atoms with Crippen molar-refractivity contribution in [2.45, 2.75) is 33.1 Å². The molecule has 0 amide bonds. The highest BCUT2D eigenvalue weighted by atomic mass is 16.3. The molecule has 3 nitrogen and oxygen atoms in total. The van der Waals surface area contributed by atoms with Gasteiger partial charge < -0.3 is 5.11 Å². The minimum atomic E-state index is 0.247. The second-order valence-electron chi connectivity index (χ2n) is 6.08. The first kappa shape index (κ1) is 16.2. The topological polar surface area (TPSA) is 50.2 Å². The van der Waals surface area contributed by atoms with E-state index >= 15 is 0 Å². The van der Waals surface area contributed by atoms with Gasteiger partial charge in [0.2, 0.25) is 0 Å². The summed E-state index contributed by atoms with van der Waals surface area (Å²) in [5, 5.41) is 11.2. The SMILES string of the molecule is CCC(=O)CCc1ccc2nc(-c3c(C)cccc3O)ccc2c1. The van der Waals surface area contributed by atoms with E-state index < -0.39 is 0 Å². The fourth-order valence-electron chi connectivity index (χ4n) is 2.92. The third-order valence-corrected chi connectivity index (χ3v) is 4.35. The minimum Gasteiger partial charge on any atom is -0.507 e. The van der Waals surface area contributed by atoms with Crippen molar-refractivity contribution in [2.75, 3.05) is 0 Å². The molecule has 1 heterocycles. The second-order valence-corrected chi connectivity index (χ2v) is 6.08. The summed E-state index contributed by atoms with van der Waals surface area (Å²) in [7, 11) is 0. The number of fused-ring (bicyclic) bond motifs is 1. The molecule has 0 spiro atoms. The van der Waals surface area contributed by atoms with Crippen molar-refractivity contribution in [3.63, 3.8) is 0 Å². The molecule has 0 bridgehead atoms. The number of aromatic nitrogens is 1. The lowest BCUT2D eigenvalue weighted by Gasteiger charge is -2.09. The van der Waals surface area contributed by atoms with Crippen LogP contribution in [0.5, 0.6) is 5.75 Å². The van der Waals surface area contributed by atoms with Crippen molar-refractivity contribution in [3.8, 4) is 17.0 Å². The normalized spacial score (nSPS) is 10.9. The Morgan fingerprint density at radius 3 is 2.71 bits per heavy atom. The maximum Gasteiger partial charge on any atom is 0.132 e. The van der Waals surface area contributed by atoms with Crippen LogP contribution in [0, 0.1) is 6.92 Å². The van der Waals surface area contributed by atoms with Gasteiger partial charge in [0.15, 0.2) is 0 Å². The molecule has 0 saturated heterocycles. The number of aryl methyl sites for hydroxylation is 2. The summed E-state index contributed by atoms with van der Waals surface area (Å²) in [5.74, 6) is 0.537. The second kappa shape index (κ2) is 6.83. The van der Waals surface area contributed by atoms with Crippen LogP contribution in [0.25, 0.3) is 22.2 Å². The van der Waals surface area contributed by atoms with Crippen molar-refractivity contribution >= 4 is 16.7 Å². The number of rotatable bonds is 5. The third kappa shape index (κ3) is 3.30. The predicted octanol–water partition coefficient (Wildman–Crippen LogP) is 4.83. The number of benzene rings is 2. The number of phenols is 1. The van der Waals surface area contributed by atoms with Gasteiger partial charge in [-0.25, -0.2) is 4.98 Å². The Kier molecular flexibility index (Phi) is 4.61. The molecule has 3 aromatic rings. The lowest BCUT2D eigenvalue weighted by molar-refractivity contribution is -0.118. The van der Waals surface area contributed by atoms with Crippen molar-refractivity contribution < 1.29 is 9.90 Å². The number of pyridine rings is 1. The molecule has 0 aliphatic rings. The summed E-state index contributed by atoms with van der Waals surface area (Å²) in [6.07, 6.45) is 1.95. The maximum absolute atomic E-state index is 11.5. The Morgan fingerprint density at radius 2 is 1.96 bits per heavy atom. The van der Waals surface area contributed by atoms with Gasteiger partial charge in [0.05, 0.1) is 11.2 Å². The molecule has 3 heteroatoms. The molecule has 0 atom stereocenters. The molecule has 0 unspecified atom stereocenters. The van der Waals surface area contributed by atoms with Crippen molar-refractivity contribution in [1.29, 1.82) is 0 Å². The molecule has 0 aliphatic heterocycles. The molecule has 24 heavy (non-hydrogen) atoms. The number of carbonyl (C=O) groups excluding carboxylic acids is 1. The van der Waals surface area contributed by atoms with E-state index in [9.17, 15) is 9.90 Å². The average Bonchev–Trinajstić information content (AvgIpc) is 2.59. The zero-order valence-corrected chi connectivity index (χ0v) is 14.0. The summed E-state index contributed by atoms with van der Waals surface area (Å²) < 4.78 is 0. The Labute approximate surface area is 142 Å². The lowest BCUT2D eigenvalue weighted by Crippen LogP contribution is -1.98. The minimum absolute atomic E-state index is 0.247. The van der Waals surface area contributed by atoms with Crippen LogP contribution >= 0.6 is 0 Å². The van der Waals surface area contributed by atoms with E-state index in [1.807, 2.05) is 50.2 Å². The van der Waals surface area contributed by atoms with Crippen LogP contribution in [0.3, 0.4) is 0 Å². The van der Waals surface area contributed by atoms with E-state index in [1.165, 1.54) is 0 Å².